The molecule has 0 saturated heterocycles. The predicted octanol–water partition coefficient (Wildman–Crippen LogP) is 2.54. The number of carbonyl (C=O) groups excluding carboxylic acids is 1. The number of rotatable bonds is 3. The van der Waals surface area contributed by atoms with E-state index in [1.165, 1.54) is 27.4 Å². The van der Waals surface area contributed by atoms with Crippen LogP contribution < -0.4 is 23.7 Å². The molecule has 136 valence electrons. The number of fused-ring (bicyclic) bond motifs is 4. The van der Waals surface area contributed by atoms with Crippen molar-refractivity contribution in [3.8, 4) is 34.5 Å². The molecule has 0 unspecified atom stereocenters. The summed E-state index contributed by atoms with van der Waals surface area (Å²) >= 11 is 0. The molecule has 0 spiro atoms. The Morgan fingerprint density at radius 1 is 1.00 bits per heavy atom. The smallest absolute Gasteiger partial charge is 0.181 e. The molecule has 4 rings (SSSR count). The molecule has 0 radical (unpaired) electrons. The van der Waals surface area contributed by atoms with Crippen LogP contribution in [0.2, 0.25) is 0 Å². The van der Waals surface area contributed by atoms with Gasteiger partial charge in [-0.05, 0) is 6.07 Å². The average molecular weight is 358 g/mol. The summed E-state index contributed by atoms with van der Waals surface area (Å²) in [5, 5.41) is 10.3. The van der Waals surface area contributed by atoms with Crippen molar-refractivity contribution < 1.29 is 33.6 Å². The van der Waals surface area contributed by atoms with Crippen LogP contribution in [0.1, 0.15) is 21.8 Å². The molecule has 7 heteroatoms. The first-order valence-corrected chi connectivity index (χ1v) is 8.08. The van der Waals surface area contributed by atoms with E-state index >= 15 is 0 Å². The highest BCUT2D eigenvalue weighted by Gasteiger charge is 2.45. The zero-order valence-electron chi connectivity index (χ0n) is 14.6. The monoisotopic (exact) mass is 358 g/mol. The molecule has 26 heavy (non-hydrogen) atoms. The number of aromatic hydroxyl groups is 1. The van der Waals surface area contributed by atoms with Crippen molar-refractivity contribution in [2.45, 2.75) is 12.0 Å². The van der Waals surface area contributed by atoms with Gasteiger partial charge in [-0.3, -0.25) is 4.79 Å². The number of ether oxygens (including phenoxy) is 5. The van der Waals surface area contributed by atoms with E-state index in [-0.39, 0.29) is 23.7 Å². The van der Waals surface area contributed by atoms with E-state index < -0.39 is 12.0 Å². The van der Waals surface area contributed by atoms with Crippen molar-refractivity contribution in [1.82, 2.24) is 0 Å². The number of phenolic OH excluding ortho intramolecular Hbond substituents is 1. The summed E-state index contributed by atoms with van der Waals surface area (Å²) in [6.45, 7) is 0.205. The normalized spacial score (nSPS) is 20.0. The summed E-state index contributed by atoms with van der Waals surface area (Å²) in [6, 6.07) is 6.40. The fourth-order valence-electron chi connectivity index (χ4n) is 3.48. The third-order valence-corrected chi connectivity index (χ3v) is 4.72. The number of benzene rings is 2. The summed E-state index contributed by atoms with van der Waals surface area (Å²) in [5.74, 6) is 1.25. The summed E-state index contributed by atoms with van der Waals surface area (Å²) in [4.78, 5) is 13.2. The molecule has 2 aromatic carbocycles. The van der Waals surface area contributed by atoms with Crippen LogP contribution in [0.5, 0.6) is 34.5 Å². The highest BCUT2D eigenvalue weighted by atomic mass is 16.5. The van der Waals surface area contributed by atoms with Crippen LogP contribution in [0.4, 0.5) is 0 Å². The first-order chi connectivity index (χ1) is 12.6. The van der Waals surface area contributed by atoms with E-state index in [1.54, 1.807) is 18.2 Å². The number of hydrogen-bond acceptors (Lipinski definition) is 7. The summed E-state index contributed by atoms with van der Waals surface area (Å²) in [7, 11) is 4.54. The third-order valence-electron chi connectivity index (χ3n) is 4.72. The van der Waals surface area contributed by atoms with Gasteiger partial charge in [-0.1, -0.05) is 0 Å². The van der Waals surface area contributed by atoms with Crippen molar-refractivity contribution in [2.75, 3.05) is 27.9 Å². The molecule has 2 aliphatic rings. The molecule has 2 aromatic rings. The van der Waals surface area contributed by atoms with Crippen molar-refractivity contribution in [3.05, 3.63) is 35.4 Å². The SMILES string of the molecule is COc1cc(O)c2c(c1)O[C@@H]1COc3cc(OC)c(OC)cc3[C@@H]1C2=O. The van der Waals surface area contributed by atoms with Crippen LogP contribution >= 0.6 is 0 Å². The zero-order chi connectivity index (χ0) is 18.4. The van der Waals surface area contributed by atoms with Gasteiger partial charge in [-0.2, -0.15) is 0 Å². The second-order valence-corrected chi connectivity index (χ2v) is 6.07. The van der Waals surface area contributed by atoms with E-state index in [4.69, 9.17) is 23.7 Å². The molecule has 0 bridgehead atoms. The minimum atomic E-state index is -0.606. The maximum absolute atomic E-state index is 13.2. The molecule has 2 heterocycles. The predicted molar refractivity (Wildman–Crippen MR) is 91.2 cm³/mol. The number of methoxy groups -OCH3 is 3. The molecule has 0 fully saturated rings. The fourth-order valence-corrected chi connectivity index (χ4v) is 3.48. The second kappa shape index (κ2) is 6.01. The number of hydrogen-bond donors (Lipinski definition) is 1. The fraction of sp³-hybridized carbons (Fsp3) is 0.316. The van der Waals surface area contributed by atoms with Crippen LogP contribution in [-0.4, -0.2) is 44.9 Å². The van der Waals surface area contributed by atoms with Crippen molar-refractivity contribution >= 4 is 5.78 Å². The number of phenols is 1. The highest BCUT2D eigenvalue weighted by Crippen LogP contribution is 2.48. The lowest BCUT2D eigenvalue weighted by molar-refractivity contribution is 0.0552. The quantitative estimate of drug-likeness (QED) is 0.903. The molecule has 0 amide bonds. The van der Waals surface area contributed by atoms with Crippen LogP contribution in [0.25, 0.3) is 0 Å². The van der Waals surface area contributed by atoms with Crippen LogP contribution in [-0.2, 0) is 0 Å². The number of carbonyl (C=O) groups is 1. The Kier molecular flexibility index (Phi) is 3.79. The lowest BCUT2D eigenvalue weighted by Gasteiger charge is -2.37. The minimum Gasteiger partial charge on any atom is -0.507 e. The van der Waals surface area contributed by atoms with Gasteiger partial charge < -0.3 is 28.8 Å². The Labute approximate surface area is 150 Å². The standard InChI is InChI=1S/C19H18O7/c1-22-9-4-11(20)18-15(5-9)26-16-8-25-12-7-14(24-3)13(23-2)6-10(12)17(16)19(18)21/h4-7,16-17,20H,8H2,1-3H3/t16-,17+/m1/s1. The molecule has 0 aliphatic carbocycles. The Morgan fingerprint density at radius 3 is 2.42 bits per heavy atom. The summed E-state index contributed by atoms with van der Waals surface area (Å²) in [5.41, 5.74) is 0.791. The largest absolute Gasteiger partial charge is 0.507 e. The third kappa shape index (κ3) is 2.31. The highest BCUT2D eigenvalue weighted by molar-refractivity contribution is 6.07. The number of ketones is 1. The number of Topliss-reactive ketones (excluding diaryl/α,β-unsaturated/α-hetero) is 1. The maximum Gasteiger partial charge on any atom is 0.181 e. The van der Waals surface area contributed by atoms with E-state index in [0.29, 0.717) is 34.3 Å². The van der Waals surface area contributed by atoms with E-state index in [2.05, 4.69) is 0 Å². The van der Waals surface area contributed by atoms with Gasteiger partial charge in [0.05, 0.1) is 27.2 Å². The molecule has 0 saturated carbocycles. The van der Waals surface area contributed by atoms with Crippen molar-refractivity contribution in [2.24, 2.45) is 0 Å². The lowest BCUT2D eigenvalue weighted by Crippen LogP contribution is -2.43. The van der Waals surface area contributed by atoms with Crippen LogP contribution in [0.3, 0.4) is 0 Å². The van der Waals surface area contributed by atoms with Gasteiger partial charge in [0, 0.05) is 23.8 Å². The van der Waals surface area contributed by atoms with Gasteiger partial charge in [0.25, 0.3) is 0 Å². The van der Waals surface area contributed by atoms with Gasteiger partial charge >= 0.3 is 0 Å². The summed E-state index contributed by atoms with van der Waals surface area (Å²) < 4.78 is 27.5. The molecule has 2 aliphatic heterocycles. The summed E-state index contributed by atoms with van der Waals surface area (Å²) in [6.07, 6.45) is -0.507. The molecular weight excluding hydrogens is 340 g/mol. The van der Waals surface area contributed by atoms with E-state index in [1.807, 2.05) is 0 Å². The van der Waals surface area contributed by atoms with Crippen LogP contribution in [0.15, 0.2) is 24.3 Å². The van der Waals surface area contributed by atoms with Crippen LogP contribution in [0, 0.1) is 0 Å². The molecule has 2 atom stereocenters. The molecule has 0 aromatic heterocycles. The van der Waals surface area contributed by atoms with Gasteiger partial charge in [0.15, 0.2) is 17.3 Å². The van der Waals surface area contributed by atoms with Gasteiger partial charge in [0.1, 0.15) is 41.3 Å². The molecular formula is C19H18O7. The Morgan fingerprint density at radius 2 is 1.73 bits per heavy atom. The second-order valence-electron chi connectivity index (χ2n) is 6.07. The minimum absolute atomic E-state index is 0.148. The Hall–Kier alpha value is -3.09. The first kappa shape index (κ1) is 16.4. The van der Waals surface area contributed by atoms with E-state index in [9.17, 15) is 9.90 Å². The van der Waals surface area contributed by atoms with Gasteiger partial charge in [-0.25, -0.2) is 0 Å². The van der Waals surface area contributed by atoms with Crippen molar-refractivity contribution in [3.63, 3.8) is 0 Å². The lowest BCUT2D eigenvalue weighted by atomic mass is 9.81. The Balaban J connectivity index is 1.84. The molecule has 7 nitrogen and oxygen atoms in total. The average Bonchev–Trinajstić information content (AvgIpc) is 2.65. The topological polar surface area (TPSA) is 83.5 Å². The zero-order valence-corrected chi connectivity index (χ0v) is 14.6. The molecule has 1 N–H and O–H groups in total. The van der Waals surface area contributed by atoms with Gasteiger partial charge in [0.2, 0.25) is 0 Å². The van der Waals surface area contributed by atoms with E-state index in [0.717, 1.165) is 0 Å². The maximum atomic E-state index is 13.2. The van der Waals surface area contributed by atoms with Gasteiger partial charge in [-0.15, -0.1) is 0 Å². The van der Waals surface area contributed by atoms with Crippen molar-refractivity contribution in [1.29, 1.82) is 0 Å². The Bertz CT molecular complexity index is 890. The first-order valence-electron chi connectivity index (χ1n) is 8.08.